The number of hydrogen-bond acceptors (Lipinski definition) is 5. The predicted octanol–water partition coefficient (Wildman–Crippen LogP) is 2.12. The molecule has 180 valence electrons. The van der Waals surface area contributed by atoms with Gasteiger partial charge in [0, 0.05) is 32.2 Å². The maximum absolute atomic E-state index is 14.1. The molecule has 8 nitrogen and oxygen atoms in total. The van der Waals surface area contributed by atoms with E-state index in [1.165, 1.54) is 17.0 Å². The standard InChI is InChI=1S/C23H23F2N3O5S/c1-14(2)20(28-21(29)16-5-3-4-6-17(16)22(28)30)23(31)26-9-11-27(12-10-26)34(32,33)19-8-7-15(24)13-18(19)25/h3-8,13-14,20H,9-12H2,1-2H3. The minimum atomic E-state index is -4.23. The maximum Gasteiger partial charge on any atom is 0.262 e. The molecule has 34 heavy (non-hydrogen) atoms. The smallest absolute Gasteiger partial charge is 0.262 e. The zero-order valence-corrected chi connectivity index (χ0v) is 19.4. The fourth-order valence-corrected chi connectivity index (χ4v) is 5.78. The number of benzene rings is 2. The van der Waals surface area contributed by atoms with Gasteiger partial charge in [-0.3, -0.25) is 19.3 Å². The number of sulfonamides is 1. The Balaban J connectivity index is 1.51. The van der Waals surface area contributed by atoms with Crippen molar-refractivity contribution in [2.24, 2.45) is 5.92 Å². The lowest BCUT2D eigenvalue weighted by molar-refractivity contribution is -0.138. The van der Waals surface area contributed by atoms with Crippen molar-refractivity contribution in [2.45, 2.75) is 24.8 Å². The van der Waals surface area contributed by atoms with E-state index in [-0.39, 0.29) is 43.2 Å². The third-order valence-electron chi connectivity index (χ3n) is 6.05. The number of imide groups is 1. The van der Waals surface area contributed by atoms with Gasteiger partial charge in [-0.2, -0.15) is 4.31 Å². The minimum absolute atomic E-state index is 0.00668. The van der Waals surface area contributed by atoms with E-state index >= 15 is 0 Å². The maximum atomic E-state index is 14.1. The van der Waals surface area contributed by atoms with Crippen molar-refractivity contribution >= 4 is 27.7 Å². The molecular formula is C23H23F2N3O5S. The summed E-state index contributed by atoms with van der Waals surface area (Å²) in [6.07, 6.45) is 0. The Hall–Kier alpha value is -3.18. The lowest BCUT2D eigenvalue weighted by Crippen LogP contribution is -2.58. The highest BCUT2D eigenvalue weighted by molar-refractivity contribution is 7.89. The fourth-order valence-electron chi connectivity index (χ4n) is 4.31. The van der Waals surface area contributed by atoms with Crippen molar-refractivity contribution in [3.8, 4) is 0 Å². The van der Waals surface area contributed by atoms with Crippen molar-refractivity contribution in [2.75, 3.05) is 26.2 Å². The van der Waals surface area contributed by atoms with Crippen molar-refractivity contribution in [1.82, 2.24) is 14.1 Å². The molecular weight excluding hydrogens is 468 g/mol. The lowest BCUT2D eigenvalue weighted by Gasteiger charge is -2.38. The van der Waals surface area contributed by atoms with E-state index in [0.717, 1.165) is 21.3 Å². The fraction of sp³-hybridized carbons (Fsp3) is 0.348. The minimum Gasteiger partial charge on any atom is -0.338 e. The third-order valence-corrected chi connectivity index (χ3v) is 7.98. The van der Waals surface area contributed by atoms with E-state index in [9.17, 15) is 31.6 Å². The molecule has 2 heterocycles. The third kappa shape index (κ3) is 3.98. The summed E-state index contributed by atoms with van der Waals surface area (Å²) in [7, 11) is -4.23. The number of hydrogen-bond donors (Lipinski definition) is 0. The largest absolute Gasteiger partial charge is 0.338 e. The number of piperazine rings is 1. The monoisotopic (exact) mass is 491 g/mol. The number of rotatable bonds is 5. The first-order valence-corrected chi connectivity index (χ1v) is 12.2. The Labute approximate surface area is 195 Å². The van der Waals surface area contributed by atoms with Crippen molar-refractivity contribution < 1.29 is 31.6 Å². The molecule has 3 amide bonds. The molecule has 1 unspecified atom stereocenters. The zero-order chi connectivity index (χ0) is 24.8. The quantitative estimate of drug-likeness (QED) is 0.598. The van der Waals surface area contributed by atoms with Gasteiger partial charge in [-0.1, -0.05) is 26.0 Å². The number of carbonyl (C=O) groups is 3. The van der Waals surface area contributed by atoms with E-state index in [0.29, 0.717) is 6.07 Å². The van der Waals surface area contributed by atoms with Crippen LogP contribution in [0.25, 0.3) is 0 Å². The van der Waals surface area contributed by atoms with Crippen molar-refractivity contribution in [3.05, 3.63) is 65.2 Å². The van der Waals surface area contributed by atoms with Crippen LogP contribution in [-0.2, 0) is 14.8 Å². The molecule has 0 spiro atoms. The molecule has 2 aliphatic rings. The molecule has 2 aromatic carbocycles. The van der Waals surface area contributed by atoms with Gasteiger partial charge in [0.1, 0.15) is 22.6 Å². The molecule has 4 rings (SSSR count). The Bertz CT molecular complexity index is 1240. The second-order valence-corrected chi connectivity index (χ2v) is 10.4. The first-order valence-electron chi connectivity index (χ1n) is 10.7. The zero-order valence-electron chi connectivity index (χ0n) is 18.6. The SMILES string of the molecule is CC(C)C(C(=O)N1CCN(S(=O)(=O)c2ccc(F)cc2F)CC1)N1C(=O)c2ccccc2C1=O. The molecule has 2 aliphatic heterocycles. The highest BCUT2D eigenvalue weighted by atomic mass is 32.2. The van der Waals surface area contributed by atoms with Crippen molar-refractivity contribution in [3.63, 3.8) is 0 Å². The van der Waals surface area contributed by atoms with E-state index in [1.54, 1.807) is 26.0 Å². The van der Waals surface area contributed by atoms with Crippen LogP contribution in [0, 0.1) is 17.6 Å². The van der Waals surface area contributed by atoms with E-state index in [4.69, 9.17) is 0 Å². The molecule has 1 fully saturated rings. The van der Waals surface area contributed by atoms with Gasteiger partial charge in [-0.15, -0.1) is 0 Å². The molecule has 0 aliphatic carbocycles. The summed E-state index contributed by atoms with van der Waals surface area (Å²) >= 11 is 0. The molecule has 11 heteroatoms. The average molecular weight is 492 g/mol. The van der Waals surface area contributed by atoms with Crippen LogP contribution < -0.4 is 0 Å². The van der Waals surface area contributed by atoms with Crippen LogP contribution in [0.15, 0.2) is 47.4 Å². The first-order chi connectivity index (χ1) is 16.0. The summed E-state index contributed by atoms with van der Waals surface area (Å²) in [5.74, 6) is -4.01. The van der Waals surface area contributed by atoms with Gasteiger partial charge in [0.05, 0.1) is 11.1 Å². The summed E-state index contributed by atoms with van der Waals surface area (Å²) in [5, 5.41) is 0. The van der Waals surface area contributed by atoms with Gasteiger partial charge < -0.3 is 4.90 Å². The van der Waals surface area contributed by atoms with Crippen molar-refractivity contribution in [1.29, 1.82) is 0 Å². The lowest BCUT2D eigenvalue weighted by atomic mass is 10.0. The van der Waals surface area contributed by atoms with E-state index in [2.05, 4.69) is 0 Å². The van der Waals surface area contributed by atoms with Crippen LogP contribution in [0.3, 0.4) is 0 Å². The molecule has 0 bridgehead atoms. The van der Waals surface area contributed by atoms with E-state index in [1.807, 2.05) is 0 Å². The van der Waals surface area contributed by atoms with E-state index < -0.39 is 50.3 Å². The second-order valence-electron chi connectivity index (χ2n) is 8.52. The summed E-state index contributed by atoms with van der Waals surface area (Å²) in [4.78, 5) is 41.0. The molecule has 1 atom stereocenters. The van der Waals surface area contributed by atoms with Crippen LogP contribution in [0.2, 0.25) is 0 Å². The Morgan fingerprint density at radius 2 is 1.47 bits per heavy atom. The molecule has 0 saturated carbocycles. The second kappa shape index (κ2) is 8.88. The van der Waals surface area contributed by atoms with Gasteiger partial charge in [0.2, 0.25) is 15.9 Å². The number of carbonyl (C=O) groups excluding carboxylic acids is 3. The number of halogens is 2. The highest BCUT2D eigenvalue weighted by Crippen LogP contribution is 2.29. The first kappa shape index (κ1) is 24.0. The Morgan fingerprint density at radius 3 is 1.97 bits per heavy atom. The van der Waals surface area contributed by atoms with Crippen LogP contribution >= 0.6 is 0 Å². The highest BCUT2D eigenvalue weighted by Gasteiger charge is 2.45. The van der Waals surface area contributed by atoms with Crippen LogP contribution in [0.5, 0.6) is 0 Å². The normalized spacial score (nSPS) is 17.9. The van der Waals surface area contributed by atoms with Crippen LogP contribution in [0.1, 0.15) is 34.6 Å². The number of fused-ring (bicyclic) bond motifs is 1. The van der Waals surface area contributed by atoms with Gasteiger partial charge in [0.15, 0.2) is 0 Å². The molecule has 0 radical (unpaired) electrons. The summed E-state index contributed by atoms with van der Waals surface area (Å²) in [6.45, 7) is 3.21. The average Bonchev–Trinajstić information content (AvgIpc) is 3.04. The Kier molecular flexibility index (Phi) is 6.26. The number of amides is 3. The number of nitrogens with zero attached hydrogens (tertiary/aromatic N) is 3. The summed E-state index contributed by atoms with van der Waals surface area (Å²) in [6, 6.07) is 7.55. The molecule has 2 aromatic rings. The Morgan fingerprint density at radius 1 is 0.912 bits per heavy atom. The predicted molar refractivity (Wildman–Crippen MR) is 117 cm³/mol. The molecule has 0 aromatic heterocycles. The molecule has 1 saturated heterocycles. The summed E-state index contributed by atoms with van der Waals surface area (Å²) < 4.78 is 53.9. The van der Waals surface area contributed by atoms with Gasteiger partial charge in [-0.25, -0.2) is 17.2 Å². The topological polar surface area (TPSA) is 95.1 Å². The van der Waals surface area contributed by atoms with Gasteiger partial charge >= 0.3 is 0 Å². The van der Waals surface area contributed by atoms with Crippen LogP contribution in [0.4, 0.5) is 8.78 Å². The van der Waals surface area contributed by atoms with Crippen LogP contribution in [-0.4, -0.2) is 72.5 Å². The van der Waals surface area contributed by atoms with Gasteiger partial charge in [0.25, 0.3) is 11.8 Å². The molecule has 0 N–H and O–H groups in total. The summed E-state index contributed by atoms with van der Waals surface area (Å²) in [5.41, 5.74) is 0.478. The van der Waals surface area contributed by atoms with Gasteiger partial charge in [-0.05, 0) is 30.2 Å².